The van der Waals surface area contributed by atoms with Gasteiger partial charge in [0.05, 0.1) is 12.4 Å². The number of phosphoric ester groups is 1. The van der Waals surface area contributed by atoms with Gasteiger partial charge in [-0.2, -0.15) is 8.62 Å². The van der Waals surface area contributed by atoms with Crippen molar-refractivity contribution in [3.8, 4) is 11.8 Å². The maximum absolute atomic E-state index is 12.8. The lowest BCUT2D eigenvalue weighted by molar-refractivity contribution is -0.0832. The molecule has 7 atom stereocenters. The number of rotatable bonds is 8. The normalized spacial score (nSPS) is 28.3. The van der Waals surface area contributed by atoms with Crippen molar-refractivity contribution in [1.29, 1.82) is 0 Å². The standard InChI is InChI=1S/C15H20FN4O14P3/c1-7(32-36(27,28)34-37(29,30)33-35(24,25)26)10-11(21)15(23,4-3-5-16)14(31-10)20-6-17-9-12(20)18-8(2)19-13(9)22/h6-7,10-11,14,21,23H,5H2,1-2H3,(H,27,28)(H,29,30)(H,18,19,22)(H2,24,25,26)/t7-,10-,11+,14-,15?/m1/s1. The van der Waals surface area contributed by atoms with Crippen LogP contribution in [0.25, 0.3) is 11.2 Å². The zero-order chi connectivity index (χ0) is 28.0. The predicted octanol–water partition coefficient (Wildman–Crippen LogP) is -0.878. The van der Waals surface area contributed by atoms with E-state index in [9.17, 15) is 42.9 Å². The molecule has 3 heterocycles. The highest BCUT2D eigenvalue weighted by Crippen LogP contribution is 2.66. The fraction of sp³-hybridized carbons (Fsp3) is 0.533. The number of imidazole rings is 1. The number of aliphatic hydroxyl groups excluding tert-OH is 1. The third kappa shape index (κ3) is 6.59. The molecule has 2 aromatic rings. The van der Waals surface area contributed by atoms with Crippen LogP contribution in [0, 0.1) is 18.8 Å². The molecule has 18 nitrogen and oxygen atoms in total. The number of nitrogens with zero attached hydrogens (tertiary/aromatic N) is 3. The van der Waals surface area contributed by atoms with Crippen molar-refractivity contribution in [2.24, 2.45) is 0 Å². The first-order valence-electron chi connectivity index (χ1n) is 9.76. The molecule has 1 fully saturated rings. The number of nitrogens with one attached hydrogen (secondary N) is 1. The molecule has 0 amide bonds. The van der Waals surface area contributed by atoms with Gasteiger partial charge in [-0.15, -0.1) is 0 Å². The van der Waals surface area contributed by atoms with E-state index in [4.69, 9.17) is 14.5 Å². The molecule has 0 radical (unpaired) electrons. The van der Waals surface area contributed by atoms with Crippen LogP contribution in [0.3, 0.4) is 0 Å². The number of hydrogen-bond acceptors (Lipinski definition) is 12. The Morgan fingerprint density at radius 2 is 1.92 bits per heavy atom. The van der Waals surface area contributed by atoms with Gasteiger partial charge in [-0.25, -0.2) is 28.1 Å². The molecule has 0 bridgehead atoms. The topological polar surface area (TPSA) is 273 Å². The number of fused-ring (bicyclic) bond motifs is 1. The smallest absolute Gasteiger partial charge is 0.386 e. The van der Waals surface area contributed by atoms with Crippen LogP contribution in [0.1, 0.15) is 19.0 Å². The molecule has 1 aliphatic heterocycles. The number of aromatic nitrogens is 4. The molecular formula is C15H20FN4O14P3. The van der Waals surface area contributed by atoms with Gasteiger partial charge >= 0.3 is 23.5 Å². The summed E-state index contributed by atoms with van der Waals surface area (Å²) in [7, 11) is -17.1. The maximum atomic E-state index is 12.8. The zero-order valence-electron chi connectivity index (χ0n) is 18.6. The fourth-order valence-corrected chi connectivity index (χ4v) is 6.66. The van der Waals surface area contributed by atoms with Crippen LogP contribution in [0.5, 0.6) is 0 Å². The minimum Gasteiger partial charge on any atom is -0.386 e. The highest BCUT2D eigenvalue weighted by molar-refractivity contribution is 7.66. The quantitative estimate of drug-likeness (QED) is 0.145. The fourth-order valence-electron chi connectivity index (χ4n) is 3.46. The third-order valence-corrected chi connectivity index (χ3v) is 8.69. The van der Waals surface area contributed by atoms with Crippen LogP contribution in [0.2, 0.25) is 0 Å². The summed E-state index contributed by atoms with van der Waals surface area (Å²) in [5.74, 6) is 4.14. The van der Waals surface area contributed by atoms with E-state index in [1.165, 1.54) is 6.92 Å². The number of hydrogen-bond donors (Lipinski definition) is 7. The molecule has 37 heavy (non-hydrogen) atoms. The van der Waals surface area contributed by atoms with Gasteiger partial charge in [0.15, 0.2) is 23.0 Å². The Bertz CT molecular complexity index is 1450. The van der Waals surface area contributed by atoms with Gasteiger partial charge in [0.1, 0.15) is 24.7 Å². The minimum atomic E-state index is -5.84. The van der Waals surface area contributed by atoms with Crippen molar-refractivity contribution in [2.45, 2.75) is 44.0 Å². The van der Waals surface area contributed by atoms with Gasteiger partial charge < -0.3 is 39.5 Å². The molecule has 2 aromatic heterocycles. The molecule has 3 rings (SSSR count). The molecule has 0 aromatic carbocycles. The molecule has 0 spiro atoms. The van der Waals surface area contributed by atoms with Crippen LogP contribution >= 0.6 is 23.5 Å². The van der Waals surface area contributed by atoms with Crippen molar-refractivity contribution < 1.29 is 65.8 Å². The second-order valence-corrected chi connectivity index (χ2v) is 11.9. The van der Waals surface area contributed by atoms with Crippen molar-refractivity contribution in [3.63, 3.8) is 0 Å². The van der Waals surface area contributed by atoms with Gasteiger partial charge in [0.2, 0.25) is 0 Å². The Morgan fingerprint density at radius 3 is 2.51 bits per heavy atom. The van der Waals surface area contributed by atoms with Crippen molar-refractivity contribution >= 4 is 34.6 Å². The first-order valence-corrected chi connectivity index (χ1v) is 14.3. The molecule has 0 aliphatic carbocycles. The number of H-pyrrole nitrogens is 1. The molecule has 0 saturated carbocycles. The van der Waals surface area contributed by atoms with E-state index in [2.05, 4.69) is 34.0 Å². The molecule has 3 unspecified atom stereocenters. The third-order valence-electron chi connectivity index (χ3n) is 4.76. The molecule has 1 saturated heterocycles. The highest BCUT2D eigenvalue weighted by Gasteiger charge is 2.58. The first kappa shape index (κ1) is 29.7. The van der Waals surface area contributed by atoms with Crippen LogP contribution in [0.15, 0.2) is 11.1 Å². The van der Waals surface area contributed by atoms with Gasteiger partial charge in [-0.1, -0.05) is 11.8 Å². The minimum absolute atomic E-state index is 0.133. The summed E-state index contributed by atoms with van der Waals surface area (Å²) in [6.45, 7) is 1.16. The maximum Gasteiger partial charge on any atom is 0.490 e. The summed E-state index contributed by atoms with van der Waals surface area (Å²) in [6.07, 6.45) is -6.43. The lowest BCUT2D eigenvalue weighted by Crippen LogP contribution is -2.47. The summed E-state index contributed by atoms with van der Waals surface area (Å²) in [4.78, 5) is 58.8. The largest absolute Gasteiger partial charge is 0.490 e. The Kier molecular flexibility index (Phi) is 8.31. The van der Waals surface area contributed by atoms with Crippen LogP contribution < -0.4 is 5.56 Å². The summed E-state index contributed by atoms with van der Waals surface area (Å²) in [5, 5.41) is 22.0. The molecule has 1 aliphatic rings. The average Bonchev–Trinajstić information content (AvgIpc) is 3.23. The van der Waals surface area contributed by atoms with E-state index in [0.29, 0.717) is 0 Å². The van der Waals surface area contributed by atoms with Crippen molar-refractivity contribution in [3.05, 3.63) is 22.5 Å². The summed E-state index contributed by atoms with van der Waals surface area (Å²) in [6, 6.07) is 0. The number of aliphatic hydroxyl groups is 2. The van der Waals surface area contributed by atoms with E-state index in [1.54, 1.807) is 0 Å². The second-order valence-electron chi connectivity index (χ2n) is 7.54. The Hall–Kier alpha value is -1.87. The van der Waals surface area contributed by atoms with E-state index >= 15 is 0 Å². The van der Waals surface area contributed by atoms with Gasteiger partial charge in [-0.05, 0) is 13.8 Å². The first-order chi connectivity index (χ1) is 16.9. The summed E-state index contributed by atoms with van der Waals surface area (Å²) >= 11 is 0. The van der Waals surface area contributed by atoms with E-state index in [1.807, 2.05) is 5.92 Å². The van der Waals surface area contributed by atoms with Gasteiger partial charge in [0, 0.05) is 0 Å². The summed E-state index contributed by atoms with van der Waals surface area (Å²) in [5.41, 5.74) is -3.64. The van der Waals surface area contributed by atoms with E-state index in [-0.39, 0.29) is 17.0 Å². The van der Waals surface area contributed by atoms with Gasteiger partial charge in [-0.3, -0.25) is 13.9 Å². The molecular weight excluding hydrogens is 572 g/mol. The number of ether oxygens (including phenoxy) is 1. The van der Waals surface area contributed by atoms with Crippen molar-refractivity contribution in [2.75, 3.05) is 6.67 Å². The SMILES string of the molecule is Cc1nc2c(ncn2[C@@H]2O[C@H]([C@@H](C)OP(=O)(O)OP(=O)(O)OP(=O)(O)O)[C@H](O)C2(O)C#CCF)c(=O)[nH]1. The van der Waals surface area contributed by atoms with Crippen LogP contribution in [-0.2, 0) is 31.6 Å². The Balaban J connectivity index is 1.95. The molecule has 7 N–H and O–H groups in total. The number of alkyl halides is 1. The highest BCUT2D eigenvalue weighted by atomic mass is 31.3. The number of aryl methyl sites for hydroxylation is 1. The van der Waals surface area contributed by atoms with E-state index < -0.39 is 65.8 Å². The van der Waals surface area contributed by atoms with Crippen molar-refractivity contribution in [1.82, 2.24) is 19.5 Å². The van der Waals surface area contributed by atoms with E-state index in [0.717, 1.165) is 17.8 Å². The Labute approximate surface area is 205 Å². The lowest BCUT2D eigenvalue weighted by Gasteiger charge is -2.27. The lowest BCUT2D eigenvalue weighted by atomic mass is 9.92. The number of aromatic amines is 1. The second kappa shape index (κ2) is 10.4. The van der Waals surface area contributed by atoms with Gasteiger partial charge in [0.25, 0.3) is 5.56 Å². The molecule has 22 heteroatoms. The number of halogens is 1. The Morgan fingerprint density at radius 1 is 1.27 bits per heavy atom. The average molecular weight is 592 g/mol. The molecule has 206 valence electrons. The van der Waals surface area contributed by atoms with Crippen LogP contribution in [0.4, 0.5) is 4.39 Å². The zero-order valence-corrected chi connectivity index (χ0v) is 21.3. The van der Waals surface area contributed by atoms with Crippen LogP contribution in [-0.4, -0.2) is 79.9 Å². The number of phosphoric acid groups is 3. The summed E-state index contributed by atoms with van der Waals surface area (Å²) < 4.78 is 65.8. The predicted molar refractivity (Wildman–Crippen MR) is 116 cm³/mol. The monoisotopic (exact) mass is 592 g/mol.